The van der Waals surface area contributed by atoms with Gasteiger partial charge in [0.05, 0.1) is 12.6 Å². The topological polar surface area (TPSA) is 54.3 Å². The van der Waals surface area contributed by atoms with Crippen molar-refractivity contribution in [3.8, 4) is 0 Å². The molecule has 0 fully saturated rings. The summed E-state index contributed by atoms with van der Waals surface area (Å²) >= 11 is 6.04. The summed E-state index contributed by atoms with van der Waals surface area (Å²) in [6, 6.07) is 14.9. The third kappa shape index (κ3) is 3.16. The molecule has 3 aromatic rings. The molecule has 0 radical (unpaired) electrons. The molecule has 1 heterocycles. The molecule has 1 aromatic heterocycles. The zero-order valence-corrected chi connectivity index (χ0v) is 14.3. The number of carbonyl (C=O) groups excluding carboxylic acids is 1. The summed E-state index contributed by atoms with van der Waals surface area (Å²) in [5.74, 6) is -0.136. The molecule has 1 amide bonds. The molecule has 0 unspecified atom stereocenters. The van der Waals surface area contributed by atoms with Gasteiger partial charge in [-0.1, -0.05) is 41.9 Å². The minimum absolute atomic E-state index is 0.0134. The van der Waals surface area contributed by atoms with E-state index in [1.54, 1.807) is 0 Å². The normalized spacial score (nSPS) is 12.3. The fourth-order valence-corrected chi connectivity index (χ4v) is 2.95. The first-order valence-corrected chi connectivity index (χ1v) is 8.13. The van der Waals surface area contributed by atoms with Crippen LogP contribution in [0, 0.1) is 0 Å². The summed E-state index contributed by atoms with van der Waals surface area (Å²) in [5, 5.41) is 13.7. The van der Waals surface area contributed by atoms with Gasteiger partial charge in [-0.15, -0.1) is 0 Å². The van der Waals surface area contributed by atoms with Crippen molar-refractivity contribution in [3.05, 3.63) is 70.4 Å². The van der Waals surface area contributed by atoms with Crippen LogP contribution in [-0.2, 0) is 13.7 Å². The van der Waals surface area contributed by atoms with Gasteiger partial charge in [-0.2, -0.15) is 0 Å². The number of rotatable bonds is 4. The molecule has 0 saturated heterocycles. The number of benzene rings is 2. The van der Waals surface area contributed by atoms with Crippen LogP contribution in [0.1, 0.15) is 34.6 Å². The van der Waals surface area contributed by atoms with E-state index < -0.39 is 0 Å². The first-order chi connectivity index (χ1) is 11.5. The quantitative estimate of drug-likeness (QED) is 0.757. The first kappa shape index (κ1) is 16.6. The SMILES string of the molecule is C[C@@H](NC(=O)c1cc2ccc(Cl)cc2n1C)c1ccc(CO)cc1. The first-order valence-electron chi connectivity index (χ1n) is 7.75. The predicted octanol–water partition coefficient (Wildman–Crippen LogP) is 3.82. The molecule has 0 spiro atoms. The highest BCUT2D eigenvalue weighted by Gasteiger charge is 2.16. The van der Waals surface area contributed by atoms with Crippen LogP contribution < -0.4 is 5.32 Å². The Hall–Kier alpha value is -2.30. The van der Waals surface area contributed by atoms with Gasteiger partial charge < -0.3 is 15.0 Å². The predicted molar refractivity (Wildman–Crippen MR) is 96.2 cm³/mol. The average molecular weight is 343 g/mol. The number of aryl methyl sites for hydroxylation is 1. The van der Waals surface area contributed by atoms with Crippen molar-refractivity contribution in [2.24, 2.45) is 7.05 Å². The summed E-state index contributed by atoms with van der Waals surface area (Å²) < 4.78 is 1.85. The standard InChI is InChI=1S/C19H19ClN2O2/c1-12(14-5-3-13(11-23)4-6-14)21-19(24)18-9-15-7-8-16(20)10-17(15)22(18)2/h3-10,12,23H,11H2,1-2H3,(H,21,24)/t12-/m1/s1. The highest BCUT2D eigenvalue weighted by Crippen LogP contribution is 2.23. The molecule has 0 bridgehead atoms. The molecule has 0 aliphatic rings. The molecule has 0 aliphatic heterocycles. The molecule has 0 saturated carbocycles. The van der Waals surface area contributed by atoms with Gasteiger partial charge in [-0.25, -0.2) is 0 Å². The van der Waals surface area contributed by atoms with Crippen LogP contribution in [0.15, 0.2) is 48.5 Å². The Balaban J connectivity index is 1.82. The van der Waals surface area contributed by atoms with Crippen LogP contribution in [0.5, 0.6) is 0 Å². The molecule has 3 rings (SSSR count). The Morgan fingerprint density at radius 2 is 1.92 bits per heavy atom. The van der Waals surface area contributed by atoms with E-state index >= 15 is 0 Å². The lowest BCUT2D eigenvalue weighted by atomic mass is 10.1. The molecule has 24 heavy (non-hydrogen) atoms. The highest BCUT2D eigenvalue weighted by atomic mass is 35.5. The number of hydrogen-bond acceptors (Lipinski definition) is 2. The number of hydrogen-bond donors (Lipinski definition) is 2. The molecule has 4 nitrogen and oxygen atoms in total. The Morgan fingerprint density at radius 1 is 1.21 bits per heavy atom. The fraction of sp³-hybridized carbons (Fsp3) is 0.211. The van der Waals surface area contributed by atoms with Crippen molar-refractivity contribution >= 4 is 28.4 Å². The summed E-state index contributed by atoms with van der Waals surface area (Å²) in [5.41, 5.74) is 3.35. The molecule has 1 atom stereocenters. The number of aromatic nitrogens is 1. The van der Waals surface area contributed by atoms with E-state index in [0.717, 1.165) is 22.0 Å². The van der Waals surface area contributed by atoms with Gasteiger partial charge in [0.2, 0.25) is 0 Å². The van der Waals surface area contributed by atoms with Crippen molar-refractivity contribution in [2.45, 2.75) is 19.6 Å². The molecule has 0 aliphatic carbocycles. The average Bonchev–Trinajstić information content (AvgIpc) is 2.91. The van der Waals surface area contributed by atoms with Crippen molar-refractivity contribution in [1.82, 2.24) is 9.88 Å². The van der Waals surface area contributed by atoms with Crippen LogP contribution in [0.4, 0.5) is 0 Å². The monoisotopic (exact) mass is 342 g/mol. The van der Waals surface area contributed by atoms with Crippen LogP contribution in [0.2, 0.25) is 5.02 Å². The Morgan fingerprint density at radius 3 is 2.58 bits per heavy atom. The summed E-state index contributed by atoms with van der Waals surface area (Å²) in [6.45, 7) is 1.95. The Kier molecular flexibility index (Phi) is 4.60. The van der Waals surface area contributed by atoms with Gasteiger partial charge in [0.15, 0.2) is 0 Å². The lowest BCUT2D eigenvalue weighted by molar-refractivity contribution is 0.0932. The second-order valence-electron chi connectivity index (χ2n) is 5.89. The molecular formula is C19H19ClN2O2. The maximum Gasteiger partial charge on any atom is 0.268 e. The summed E-state index contributed by atoms with van der Waals surface area (Å²) in [6.07, 6.45) is 0. The van der Waals surface area contributed by atoms with Gasteiger partial charge in [-0.05, 0) is 36.2 Å². The maximum absolute atomic E-state index is 12.6. The number of carbonyl (C=O) groups is 1. The summed E-state index contributed by atoms with van der Waals surface area (Å²) in [7, 11) is 1.86. The number of fused-ring (bicyclic) bond motifs is 1. The van der Waals surface area contributed by atoms with Crippen molar-refractivity contribution in [2.75, 3.05) is 0 Å². The van der Waals surface area contributed by atoms with E-state index in [9.17, 15) is 4.79 Å². The zero-order valence-electron chi connectivity index (χ0n) is 13.6. The molecule has 2 aromatic carbocycles. The van der Waals surface area contributed by atoms with Gasteiger partial charge in [0.25, 0.3) is 5.91 Å². The van der Waals surface area contributed by atoms with Gasteiger partial charge >= 0.3 is 0 Å². The third-order valence-corrected chi connectivity index (χ3v) is 4.49. The largest absolute Gasteiger partial charge is 0.392 e. The minimum atomic E-state index is -0.136. The fourth-order valence-electron chi connectivity index (χ4n) is 2.79. The van der Waals surface area contributed by atoms with E-state index in [1.807, 2.05) is 67.1 Å². The highest BCUT2D eigenvalue weighted by molar-refractivity contribution is 6.31. The number of nitrogens with zero attached hydrogens (tertiary/aromatic N) is 1. The summed E-state index contributed by atoms with van der Waals surface area (Å²) in [4.78, 5) is 12.6. The molecule has 5 heteroatoms. The van der Waals surface area contributed by atoms with Crippen LogP contribution >= 0.6 is 11.6 Å². The lowest BCUT2D eigenvalue weighted by Crippen LogP contribution is -2.28. The van der Waals surface area contributed by atoms with Crippen LogP contribution in [0.25, 0.3) is 10.9 Å². The van der Waals surface area contributed by atoms with Crippen molar-refractivity contribution in [1.29, 1.82) is 0 Å². The van der Waals surface area contributed by atoms with Crippen molar-refractivity contribution < 1.29 is 9.90 Å². The second kappa shape index (κ2) is 6.67. The number of nitrogens with one attached hydrogen (secondary N) is 1. The van der Waals surface area contributed by atoms with Gasteiger partial charge in [-0.3, -0.25) is 4.79 Å². The van der Waals surface area contributed by atoms with E-state index in [1.165, 1.54) is 0 Å². The Bertz CT molecular complexity index is 884. The van der Waals surface area contributed by atoms with Crippen LogP contribution in [-0.4, -0.2) is 15.6 Å². The number of amides is 1. The number of aliphatic hydroxyl groups is 1. The number of aliphatic hydroxyl groups excluding tert-OH is 1. The van der Waals surface area contributed by atoms with Gasteiger partial charge in [0, 0.05) is 23.0 Å². The van der Waals surface area contributed by atoms with Crippen LogP contribution in [0.3, 0.4) is 0 Å². The van der Waals surface area contributed by atoms with E-state index in [-0.39, 0.29) is 18.6 Å². The minimum Gasteiger partial charge on any atom is -0.392 e. The van der Waals surface area contributed by atoms with Crippen molar-refractivity contribution in [3.63, 3.8) is 0 Å². The van der Waals surface area contributed by atoms with E-state index in [0.29, 0.717) is 10.7 Å². The Labute approximate surface area is 145 Å². The molecule has 124 valence electrons. The van der Waals surface area contributed by atoms with E-state index in [2.05, 4.69) is 5.32 Å². The van der Waals surface area contributed by atoms with Gasteiger partial charge in [0.1, 0.15) is 5.69 Å². The lowest BCUT2D eigenvalue weighted by Gasteiger charge is -2.15. The zero-order chi connectivity index (χ0) is 17.3. The number of halogens is 1. The van der Waals surface area contributed by atoms with E-state index in [4.69, 9.17) is 16.7 Å². The molecular weight excluding hydrogens is 324 g/mol. The smallest absolute Gasteiger partial charge is 0.268 e. The molecule has 2 N–H and O–H groups in total. The third-order valence-electron chi connectivity index (χ3n) is 4.25. The second-order valence-corrected chi connectivity index (χ2v) is 6.32. The maximum atomic E-state index is 12.6.